The SMILES string of the molecule is CCOc1ccccc1NC(=O)C(=O)N/N=C\c1ccc(OCc2c(Cl)cccc2Cl)c(OCC)c1. The Morgan fingerprint density at radius 2 is 1.53 bits per heavy atom. The van der Waals surface area contributed by atoms with E-state index in [-0.39, 0.29) is 6.61 Å². The maximum absolute atomic E-state index is 12.2. The van der Waals surface area contributed by atoms with Crippen molar-refractivity contribution >= 4 is 46.9 Å². The summed E-state index contributed by atoms with van der Waals surface area (Å²) in [5, 5.41) is 7.38. The van der Waals surface area contributed by atoms with Crippen molar-refractivity contribution in [2.24, 2.45) is 5.10 Å². The quantitative estimate of drug-likeness (QED) is 0.206. The lowest BCUT2D eigenvalue weighted by Gasteiger charge is -2.14. The topological polar surface area (TPSA) is 98.2 Å². The summed E-state index contributed by atoms with van der Waals surface area (Å²) >= 11 is 12.4. The molecule has 0 heterocycles. The van der Waals surface area contributed by atoms with Gasteiger partial charge in [0.05, 0.1) is 25.1 Å². The third-order valence-corrected chi connectivity index (χ3v) is 5.43. The molecule has 0 fully saturated rings. The highest BCUT2D eigenvalue weighted by Gasteiger charge is 2.15. The predicted molar refractivity (Wildman–Crippen MR) is 140 cm³/mol. The van der Waals surface area contributed by atoms with E-state index < -0.39 is 11.8 Å². The Kier molecular flexibility index (Phi) is 9.97. The number of amides is 2. The summed E-state index contributed by atoms with van der Waals surface area (Å²) in [4.78, 5) is 24.4. The second kappa shape index (κ2) is 13.4. The molecule has 0 bridgehead atoms. The van der Waals surface area contributed by atoms with Gasteiger partial charge in [-0.25, -0.2) is 5.43 Å². The van der Waals surface area contributed by atoms with Crippen LogP contribution in [0.2, 0.25) is 10.0 Å². The first-order valence-corrected chi connectivity index (χ1v) is 11.9. The van der Waals surface area contributed by atoms with Crippen LogP contribution in [0.25, 0.3) is 0 Å². The number of hydrogen-bond acceptors (Lipinski definition) is 6. The van der Waals surface area contributed by atoms with Crippen LogP contribution in [0, 0.1) is 0 Å². The number of para-hydroxylation sites is 2. The predicted octanol–water partition coefficient (Wildman–Crippen LogP) is 5.46. The van der Waals surface area contributed by atoms with Crippen molar-refractivity contribution in [2.75, 3.05) is 18.5 Å². The summed E-state index contributed by atoms with van der Waals surface area (Å²) in [7, 11) is 0. The van der Waals surface area contributed by atoms with Crippen molar-refractivity contribution in [3.8, 4) is 17.2 Å². The van der Waals surface area contributed by atoms with Crippen LogP contribution < -0.4 is 25.0 Å². The molecule has 0 aliphatic carbocycles. The monoisotopic (exact) mass is 529 g/mol. The molecule has 0 unspecified atom stereocenters. The molecule has 0 aromatic heterocycles. The molecule has 188 valence electrons. The minimum atomic E-state index is -0.931. The van der Waals surface area contributed by atoms with Crippen LogP contribution in [0.15, 0.2) is 65.8 Å². The lowest BCUT2D eigenvalue weighted by atomic mass is 10.2. The van der Waals surface area contributed by atoms with Gasteiger partial charge in [-0.2, -0.15) is 5.10 Å². The fraction of sp³-hybridized carbons (Fsp3) is 0.192. The maximum atomic E-state index is 12.2. The lowest BCUT2D eigenvalue weighted by molar-refractivity contribution is -0.136. The Morgan fingerprint density at radius 1 is 0.833 bits per heavy atom. The van der Waals surface area contributed by atoms with Gasteiger partial charge in [0.1, 0.15) is 12.4 Å². The zero-order valence-electron chi connectivity index (χ0n) is 19.7. The molecule has 0 radical (unpaired) electrons. The highest BCUT2D eigenvalue weighted by Crippen LogP contribution is 2.31. The largest absolute Gasteiger partial charge is 0.492 e. The van der Waals surface area contributed by atoms with Crippen molar-refractivity contribution in [3.63, 3.8) is 0 Å². The van der Waals surface area contributed by atoms with E-state index in [9.17, 15) is 9.59 Å². The van der Waals surface area contributed by atoms with Crippen molar-refractivity contribution in [3.05, 3.63) is 81.8 Å². The summed E-state index contributed by atoms with van der Waals surface area (Å²) in [6.07, 6.45) is 1.39. The van der Waals surface area contributed by atoms with Crippen LogP contribution in [-0.2, 0) is 16.2 Å². The number of halogens is 2. The Morgan fingerprint density at radius 3 is 2.25 bits per heavy atom. The number of ether oxygens (including phenoxy) is 3. The molecular weight excluding hydrogens is 505 g/mol. The molecule has 0 spiro atoms. The Hall–Kier alpha value is -3.75. The van der Waals surface area contributed by atoms with Crippen LogP contribution in [0.5, 0.6) is 17.2 Å². The smallest absolute Gasteiger partial charge is 0.329 e. The van der Waals surface area contributed by atoms with E-state index >= 15 is 0 Å². The number of hydrogen-bond donors (Lipinski definition) is 2. The molecular formula is C26H25Cl2N3O5. The molecule has 10 heteroatoms. The number of anilines is 1. The Labute approximate surface area is 219 Å². The first-order chi connectivity index (χ1) is 17.4. The van der Waals surface area contributed by atoms with Gasteiger partial charge in [-0.3, -0.25) is 9.59 Å². The minimum absolute atomic E-state index is 0.156. The molecule has 8 nitrogen and oxygen atoms in total. The zero-order valence-corrected chi connectivity index (χ0v) is 21.2. The van der Waals surface area contributed by atoms with Gasteiger partial charge in [0, 0.05) is 15.6 Å². The number of rotatable bonds is 10. The normalized spacial score (nSPS) is 10.7. The van der Waals surface area contributed by atoms with E-state index in [4.69, 9.17) is 37.4 Å². The third kappa shape index (κ3) is 7.37. The van der Waals surface area contributed by atoms with Crippen LogP contribution in [0.1, 0.15) is 25.0 Å². The Bertz CT molecular complexity index is 1230. The highest BCUT2D eigenvalue weighted by atomic mass is 35.5. The van der Waals surface area contributed by atoms with Gasteiger partial charge in [0.25, 0.3) is 0 Å². The van der Waals surface area contributed by atoms with Crippen LogP contribution in [0.4, 0.5) is 5.69 Å². The molecule has 36 heavy (non-hydrogen) atoms. The third-order valence-electron chi connectivity index (χ3n) is 4.72. The molecule has 0 aliphatic rings. The van der Waals surface area contributed by atoms with Crippen molar-refractivity contribution < 1.29 is 23.8 Å². The van der Waals surface area contributed by atoms with Gasteiger partial charge in [-0.15, -0.1) is 0 Å². The van der Waals surface area contributed by atoms with Gasteiger partial charge in [0.2, 0.25) is 0 Å². The van der Waals surface area contributed by atoms with Crippen molar-refractivity contribution in [1.29, 1.82) is 0 Å². The number of hydrazone groups is 1. The molecule has 3 rings (SSSR count). The number of nitrogens with one attached hydrogen (secondary N) is 2. The van der Waals surface area contributed by atoms with Gasteiger partial charge in [-0.05, 0) is 61.9 Å². The van der Waals surface area contributed by atoms with Crippen molar-refractivity contribution in [1.82, 2.24) is 5.43 Å². The summed E-state index contributed by atoms with van der Waals surface area (Å²) in [6, 6.07) is 17.2. The Balaban J connectivity index is 1.62. The van der Waals surface area contributed by atoms with Crippen LogP contribution >= 0.6 is 23.2 Å². The van der Waals surface area contributed by atoms with E-state index in [1.165, 1.54) is 6.21 Å². The first-order valence-electron chi connectivity index (χ1n) is 11.1. The molecule has 0 atom stereocenters. The number of carbonyl (C=O) groups excluding carboxylic acids is 2. The summed E-state index contributed by atoms with van der Waals surface area (Å²) < 4.78 is 17.0. The molecule has 0 saturated heterocycles. The second-order valence-electron chi connectivity index (χ2n) is 7.21. The lowest BCUT2D eigenvalue weighted by Crippen LogP contribution is -2.32. The number of benzene rings is 3. The van der Waals surface area contributed by atoms with Crippen LogP contribution in [0.3, 0.4) is 0 Å². The summed E-state index contributed by atoms with van der Waals surface area (Å²) in [5.74, 6) is -0.384. The fourth-order valence-electron chi connectivity index (χ4n) is 3.06. The molecule has 0 saturated carbocycles. The van der Waals surface area contributed by atoms with Gasteiger partial charge >= 0.3 is 11.8 Å². The van der Waals surface area contributed by atoms with E-state index in [0.29, 0.717) is 57.3 Å². The molecule has 2 N–H and O–H groups in total. The number of carbonyl (C=O) groups is 2. The van der Waals surface area contributed by atoms with Gasteiger partial charge in [0.15, 0.2) is 11.5 Å². The average Bonchev–Trinajstić information content (AvgIpc) is 2.86. The minimum Gasteiger partial charge on any atom is -0.492 e. The van der Waals surface area contributed by atoms with E-state index in [1.807, 2.05) is 13.8 Å². The second-order valence-corrected chi connectivity index (χ2v) is 8.02. The van der Waals surface area contributed by atoms with E-state index in [0.717, 1.165) is 0 Å². The zero-order chi connectivity index (χ0) is 25.9. The summed E-state index contributed by atoms with van der Waals surface area (Å²) in [5.41, 5.74) is 3.87. The number of nitrogens with zero attached hydrogens (tertiary/aromatic N) is 1. The van der Waals surface area contributed by atoms with E-state index in [1.54, 1.807) is 60.7 Å². The molecule has 2 amide bonds. The standard InChI is InChI=1S/C26H25Cl2N3O5/c1-3-34-22-11-6-5-10-21(22)30-25(32)26(33)31-29-15-17-12-13-23(24(14-17)35-4-2)36-16-18-19(27)8-7-9-20(18)28/h5-15H,3-4,16H2,1-2H3,(H,30,32)(H,31,33)/b29-15-. The van der Waals surface area contributed by atoms with Crippen LogP contribution in [-0.4, -0.2) is 31.2 Å². The van der Waals surface area contributed by atoms with Gasteiger partial charge in [-0.1, -0.05) is 41.4 Å². The van der Waals surface area contributed by atoms with E-state index in [2.05, 4.69) is 15.8 Å². The molecule has 0 aliphatic heterocycles. The molecule has 3 aromatic carbocycles. The summed E-state index contributed by atoms with van der Waals surface area (Å²) in [6.45, 7) is 4.65. The average molecular weight is 530 g/mol. The maximum Gasteiger partial charge on any atom is 0.329 e. The molecule has 3 aromatic rings. The first kappa shape index (κ1) is 26.8. The highest BCUT2D eigenvalue weighted by molar-refractivity contribution is 6.39. The van der Waals surface area contributed by atoms with Crippen molar-refractivity contribution in [2.45, 2.75) is 20.5 Å². The fourth-order valence-corrected chi connectivity index (χ4v) is 3.57. The van der Waals surface area contributed by atoms with Gasteiger partial charge < -0.3 is 19.5 Å².